The Labute approximate surface area is 128 Å². The molecule has 0 unspecified atom stereocenters. The van der Waals surface area contributed by atoms with Gasteiger partial charge in [0, 0.05) is 29.9 Å². The molecule has 10 heteroatoms. The molecule has 118 valence electrons. The molecule has 0 bridgehead atoms. The van der Waals surface area contributed by atoms with Crippen molar-refractivity contribution < 1.29 is 38.4 Å². The van der Waals surface area contributed by atoms with E-state index in [2.05, 4.69) is 16.3 Å². The van der Waals surface area contributed by atoms with Crippen LogP contribution in [0.25, 0.3) is 0 Å². The third kappa shape index (κ3) is 3.37. The molecule has 2 aliphatic rings. The van der Waals surface area contributed by atoms with Gasteiger partial charge in [0.05, 0.1) is 6.42 Å². The van der Waals surface area contributed by atoms with Crippen molar-refractivity contribution in [2.45, 2.75) is 6.42 Å². The number of hydrogen-bond donors (Lipinski definition) is 0. The summed E-state index contributed by atoms with van der Waals surface area (Å²) < 4.78 is 0. The first-order chi connectivity index (χ1) is 10.8. The van der Waals surface area contributed by atoms with Gasteiger partial charge in [-0.1, -0.05) is 16.7 Å². The average molecular weight is 320 g/mol. The van der Waals surface area contributed by atoms with Crippen molar-refractivity contribution in [3.63, 3.8) is 0 Å². The summed E-state index contributed by atoms with van der Waals surface area (Å²) in [4.78, 5) is 76.9. The van der Waals surface area contributed by atoms with Gasteiger partial charge in [0.2, 0.25) is 0 Å². The Hall–Kier alpha value is -3.56. The molecule has 4 amide bonds. The number of hydroxylamine groups is 4. The first-order valence-corrected chi connectivity index (χ1v) is 6.02. The molecule has 0 spiro atoms. The maximum Gasteiger partial charge on any atom is 0.359 e. The topological polar surface area (TPSA) is 127 Å². The molecular weight excluding hydrogens is 312 g/mol. The molecule has 0 atom stereocenters. The Morgan fingerprint density at radius 2 is 1.22 bits per heavy atom. The van der Waals surface area contributed by atoms with E-state index in [1.807, 2.05) is 0 Å². The molecule has 0 N–H and O–H groups in total. The van der Waals surface area contributed by atoms with Gasteiger partial charge in [-0.3, -0.25) is 19.2 Å². The number of hydrogen-bond acceptors (Lipinski definition) is 8. The summed E-state index contributed by atoms with van der Waals surface area (Å²) in [6, 6.07) is 0. The number of nitrogens with zero attached hydrogens (tertiary/aromatic N) is 2. The third-order valence-corrected chi connectivity index (χ3v) is 2.55. The fourth-order valence-corrected chi connectivity index (χ4v) is 1.48. The van der Waals surface area contributed by atoms with E-state index in [-0.39, 0.29) is 10.1 Å². The van der Waals surface area contributed by atoms with Crippen LogP contribution in [0.1, 0.15) is 6.42 Å². The number of imide groups is 2. The van der Waals surface area contributed by atoms with Crippen LogP contribution < -0.4 is 0 Å². The molecule has 2 rings (SSSR count). The minimum absolute atomic E-state index is 0.191. The Balaban J connectivity index is 1.86. The largest absolute Gasteiger partial charge is 0.359 e. The van der Waals surface area contributed by atoms with E-state index < -0.39 is 47.6 Å². The second kappa shape index (κ2) is 6.05. The monoisotopic (exact) mass is 320 g/mol. The summed E-state index contributed by atoms with van der Waals surface area (Å²) in [5.41, 5.74) is -0.449. The average Bonchev–Trinajstić information content (AvgIpc) is 2.97. The number of rotatable bonds is 5. The van der Waals surface area contributed by atoms with Gasteiger partial charge in [0.1, 0.15) is 0 Å². The first-order valence-electron chi connectivity index (χ1n) is 6.02. The lowest BCUT2D eigenvalue weighted by molar-refractivity contribution is -0.197. The highest BCUT2D eigenvalue weighted by molar-refractivity contribution is 6.13. The van der Waals surface area contributed by atoms with Gasteiger partial charge in [-0.15, -0.1) is 0 Å². The van der Waals surface area contributed by atoms with Crippen molar-refractivity contribution in [3.05, 3.63) is 36.5 Å². The second-order valence-electron chi connectivity index (χ2n) is 4.23. The molecule has 23 heavy (non-hydrogen) atoms. The zero-order valence-electron chi connectivity index (χ0n) is 11.4. The van der Waals surface area contributed by atoms with Crippen LogP contribution in [-0.4, -0.2) is 45.7 Å². The predicted molar refractivity (Wildman–Crippen MR) is 67.9 cm³/mol. The van der Waals surface area contributed by atoms with Gasteiger partial charge in [0.25, 0.3) is 23.6 Å². The van der Waals surface area contributed by atoms with Crippen LogP contribution in [0.2, 0.25) is 0 Å². The molecule has 10 nitrogen and oxygen atoms in total. The van der Waals surface area contributed by atoms with Crippen LogP contribution in [0.4, 0.5) is 0 Å². The highest BCUT2D eigenvalue weighted by Gasteiger charge is 2.31. The molecular formula is C13H8N2O8. The van der Waals surface area contributed by atoms with E-state index in [0.29, 0.717) is 0 Å². The quantitative estimate of drug-likeness (QED) is 0.451. The van der Waals surface area contributed by atoms with Crippen LogP contribution in [0.15, 0.2) is 36.5 Å². The Morgan fingerprint density at radius 1 is 0.826 bits per heavy atom. The first kappa shape index (κ1) is 15.8. The lowest BCUT2D eigenvalue weighted by Crippen LogP contribution is -2.35. The van der Waals surface area contributed by atoms with Crippen molar-refractivity contribution in [2.75, 3.05) is 0 Å². The summed E-state index contributed by atoms with van der Waals surface area (Å²) in [6.45, 7) is 3.25. The van der Waals surface area contributed by atoms with Gasteiger partial charge in [-0.05, 0) is 0 Å². The minimum Gasteiger partial charge on any atom is -0.329 e. The van der Waals surface area contributed by atoms with Crippen LogP contribution in [-0.2, 0) is 38.4 Å². The summed E-state index contributed by atoms with van der Waals surface area (Å²) >= 11 is 0. The van der Waals surface area contributed by atoms with Gasteiger partial charge in [-0.2, -0.15) is 0 Å². The highest BCUT2D eigenvalue weighted by Crippen LogP contribution is 2.11. The summed E-state index contributed by atoms with van der Waals surface area (Å²) in [5.74, 6) is -5.78. The Kier molecular flexibility index (Phi) is 4.16. The normalized spacial score (nSPS) is 16.3. The van der Waals surface area contributed by atoms with Crippen molar-refractivity contribution >= 4 is 35.6 Å². The van der Waals surface area contributed by atoms with Crippen LogP contribution >= 0.6 is 0 Å². The van der Waals surface area contributed by atoms with Crippen LogP contribution in [0.5, 0.6) is 0 Å². The van der Waals surface area contributed by atoms with E-state index in [0.717, 1.165) is 24.3 Å². The van der Waals surface area contributed by atoms with E-state index >= 15 is 0 Å². The fraction of sp³-hybridized carbons (Fsp3) is 0.0769. The van der Waals surface area contributed by atoms with Crippen LogP contribution in [0, 0.1) is 0 Å². The zero-order valence-corrected chi connectivity index (χ0v) is 11.4. The third-order valence-electron chi connectivity index (χ3n) is 2.55. The van der Waals surface area contributed by atoms with E-state index in [4.69, 9.17) is 0 Å². The molecule has 0 fully saturated rings. The molecule has 0 saturated carbocycles. The van der Waals surface area contributed by atoms with Gasteiger partial charge in [-0.25, -0.2) is 9.59 Å². The van der Waals surface area contributed by atoms with Gasteiger partial charge >= 0.3 is 11.9 Å². The van der Waals surface area contributed by atoms with Crippen LogP contribution in [0.3, 0.4) is 0 Å². The van der Waals surface area contributed by atoms with Crippen molar-refractivity contribution in [1.29, 1.82) is 0 Å². The van der Waals surface area contributed by atoms with E-state index in [1.165, 1.54) is 0 Å². The molecule has 2 heterocycles. The second-order valence-corrected chi connectivity index (χ2v) is 4.23. The molecule has 2 aliphatic heterocycles. The molecule has 0 aromatic rings. The lowest BCUT2D eigenvalue weighted by atomic mass is 10.2. The SMILES string of the molecule is C=C(CC(=O)ON1C(=O)C=CC1=O)C(=O)ON1C(=O)C=CC1=O. The Morgan fingerprint density at radius 3 is 1.65 bits per heavy atom. The zero-order chi connectivity index (χ0) is 17.1. The molecule has 0 aromatic carbocycles. The smallest absolute Gasteiger partial charge is 0.329 e. The summed E-state index contributed by atoms with van der Waals surface area (Å²) in [6.07, 6.45) is 2.86. The van der Waals surface area contributed by atoms with Crippen molar-refractivity contribution in [2.24, 2.45) is 0 Å². The fourth-order valence-electron chi connectivity index (χ4n) is 1.48. The minimum atomic E-state index is -1.22. The molecule has 0 aliphatic carbocycles. The Bertz CT molecular complexity index is 681. The maximum absolute atomic E-state index is 11.6. The predicted octanol–water partition coefficient (Wildman–Crippen LogP) is -1.30. The number of amides is 4. The molecule has 0 aromatic heterocycles. The lowest BCUT2D eigenvalue weighted by Gasteiger charge is -2.14. The van der Waals surface area contributed by atoms with Gasteiger partial charge < -0.3 is 9.68 Å². The molecule has 0 radical (unpaired) electrons. The van der Waals surface area contributed by atoms with Crippen molar-refractivity contribution in [1.82, 2.24) is 10.1 Å². The molecule has 0 saturated heterocycles. The summed E-state index contributed by atoms with van der Waals surface area (Å²) in [5, 5.41) is 0.397. The highest BCUT2D eigenvalue weighted by atomic mass is 16.7. The maximum atomic E-state index is 11.6. The van der Waals surface area contributed by atoms with Crippen molar-refractivity contribution in [3.8, 4) is 0 Å². The van der Waals surface area contributed by atoms with Gasteiger partial charge in [0.15, 0.2) is 0 Å². The van der Waals surface area contributed by atoms with E-state index in [9.17, 15) is 28.8 Å². The number of carbonyl (C=O) groups excluding carboxylic acids is 6. The standard InChI is InChI=1S/C13H8N2O8/c1-7(13(21)23-15-10(18)4-5-11(15)19)6-12(20)22-14-8(16)2-3-9(14)17/h2-5H,1,6H2. The number of carbonyl (C=O) groups is 6. The summed E-state index contributed by atoms with van der Waals surface area (Å²) in [7, 11) is 0. The van der Waals surface area contributed by atoms with E-state index in [1.54, 1.807) is 0 Å².